The average molecular weight is 284 g/mol. The van der Waals surface area contributed by atoms with Gasteiger partial charge in [-0.15, -0.1) is 17.9 Å². The summed E-state index contributed by atoms with van der Waals surface area (Å²) >= 11 is 1.65. The number of amides is 1. The molecule has 0 unspecified atom stereocenters. The van der Waals surface area contributed by atoms with Crippen LogP contribution in [0.3, 0.4) is 0 Å². The molecule has 0 N–H and O–H groups in total. The summed E-state index contributed by atoms with van der Waals surface area (Å²) < 4.78 is 0. The van der Waals surface area contributed by atoms with Crippen molar-refractivity contribution in [1.29, 1.82) is 0 Å². The molecule has 0 radical (unpaired) electrons. The molecule has 4 heteroatoms. The molecule has 0 aliphatic heterocycles. The second kappa shape index (κ2) is 7.40. The molecule has 1 amide bonds. The molecule has 3 nitrogen and oxygen atoms in total. The van der Waals surface area contributed by atoms with E-state index in [-0.39, 0.29) is 5.91 Å². The number of nitrogens with zero attached hydrogens (tertiary/aromatic N) is 2. The lowest BCUT2D eigenvalue weighted by Gasteiger charge is -2.18. The lowest BCUT2D eigenvalue weighted by molar-refractivity contribution is -0.126. The monoisotopic (exact) mass is 284 g/mol. The zero-order chi connectivity index (χ0) is 14.2. The number of pyridine rings is 1. The van der Waals surface area contributed by atoms with E-state index in [1.54, 1.807) is 46.9 Å². The van der Waals surface area contributed by atoms with Gasteiger partial charge in [-0.05, 0) is 29.2 Å². The van der Waals surface area contributed by atoms with Gasteiger partial charge in [0.15, 0.2) is 0 Å². The first-order valence-electron chi connectivity index (χ1n) is 6.30. The van der Waals surface area contributed by atoms with Crippen molar-refractivity contribution < 1.29 is 4.79 Å². The lowest BCUT2D eigenvalue weighted by Crippen LogP contribution is -2.28. The summed E-state index contributed by atoms with van der Waals surface area (Å²) in [4.78, 5) is 19.1. The summed E-state index contributed by atoms with van der Waals surface area (Å²) in [7, 11) is 0. The number of carbonyl (C=O) groups excluding carboxylic acids is 1. The quantitative estimate of drug-likeness (QED) is 0.602. The first-order valence-corrected chi connectivity index (χ1v) is 7.18. The van der Waals surface area contributed by atoms with E-state index in [0.717, 1.165) is 10.4 Å². The summed E-state index contributed by atoms with van der Waals surface area (Å²) in [5, 5.41) is 2.01. The van der Waals surface area contributed by atoms with Crippen molar-refractivity contribution >= 4 is 23.3 Å². The van der Waals surface area contributed by atoms with Gasteiger partial charge in [-0.2, -0.15) is 0 Å². The zero-order valence-corrected chi connectivity index (χ0v) is 11.9. The molecule has 0 aliphatic rings. The van der Waals surface area contributed by atoms with Gasteiger partial charge in [-0.1, -0.05) is 18.2 Å². The second-order valence-corrected chi connectivity index (χ2v) is 5.24. The van der Waals surface area contributed by atoms with Crippen LogP contribution in [0.15, 0.2) is 60.8 Å². The van der Waals surface area contributed by atoms with Crippen LogP contribution in [0, 0.1) is 0 Å². The lowest BCUT2D eigenvalue weighted by atomic mass is 10.2. The molecular formula is C16H16N2OS. The van der Waals surface area contributed by atoms with E-state index in [1.165, 1.54) is 0 Å². The fourth-order valence-corrected chi connectivity index (χ4v) is 2.45. The van der Waals surface area contributed by atoms with E-state index in [1.807, 2.05) is 29.6 Å². The van der Waals surface area contributed by atoms with E-state index in [4.69, 9.17) is 0 Å². The third-order valence-corrected chi connectivity index (χ3v) is 3.55. The first-order chi connectivity index (χ1) is 9.79. The van der Waals surface area contributed by atoms with Crippen LogP contribution in [0.2, 0.25) is 0 Å². The van der Waals surface area contributed by atoms with E-state index in [0.29, 0.717) is 13.1 Å². The Bertz CT molecular complexity index is 576. The fourth-order valence-electron chi connectivity index (χ4n) is 1.73. The Morgan fingerprint density at radius 1 is 1.40 bits per heavy atom. The van der Waals surface area contributed by atoms with Crippen molar-refractivity contribution in [2.24, 2.45) is 0 Å². The Labute approximate surface area is 122 Å². The SMILES string of the molecule is C=CCN(Cc1cccs1)C(=O)/C=C/c1cccnc1. The van der Waals surface area contributed by atoms with Gasteiger partial charge in [0.1, 0.15) is 0 Å². The second-order valence-electron chi connectivity index (χ2n) is 4.21. The summed E-state index contributed by atoms with van der Waals surface area (Å²) in [6, 6.07) is 7.77. The van der Waals surface area contributed by atoms with Gasteiger partial charge in [0, 0.05) is 29.9 Å². The highest BCUT2D eigenvalue weighted by molar-refractivity contribution is 7.09. The Morgan fingerprint density at radius 3 is 2.95 bits per heavy atom. The molecule has 2 rings (SSSR count). The summed E-state index contributed by atoms with van der Waals surface area (Å²) in [6.45, 7) is 4.85. The maximum atomic E-state index is 12.2. The van der Waals surface area contributed by atoms with E-state index in [9.17, 15) is 4.79 Å². The van der Waals surface area contributed by atoms with Crippen LogP contribution in [0.1, 0.15) is 10.4 Å². The van der Waals surface area contributed by atoms with Gasteiger partial charge < -0.3 is 4.90 Å². The number of rotatable bonds is 6. The maximum Gasteiger partial charge on any atom is 0.247 e. The number of carbonyl (C=O) groups is 1. The largest absolute Gasteiger partial charge is 0.330 e. The highest BCUT2D eigenvalue weighted by Gasteiger charge is 2.10. The first kappa shape index (κ1) is 14.2. The molecule has 0 saturated carbocycles. The smallest absolute Gasteiger partial charge is 0.247 e. The van der Waals surface area contributed by atoms with Crippen LogP contribution in [0.4, 0.5) is 0 Å². The van der Waals surface area contributed by atoms with Crippen molar-refractivity contribution in [2.45, 2.75) is 6.54 Å². The summed E-state index contributed by atoms with van der Waals surface area (Å²) in [5.41, 5.74) is 0.913. The normalized spacial score (nSPS) is 10.6. The van der Waals surface area contributed by atoms with E-state index in [2.05, 4.69) is 11.6 Å². The molecule has 0 fully saturated rings. The number of hydrogen-bond acceptors (Lipinski definition) is 3. The minimum absolute atomic E-state index is 0.0258. The summed E-state index contributed by atoms with van der Waals surface area (Å²) in [5.74, 6) is -0.0258. The summed E-state index contributed by atoms with van der Waals surface area (Å²) in [6.07, 6.45) is 8.53. The van der Waals surface area contributed by atoms with Crippen LogP contribution in [-0.2, 0) is 11.3 Å². The van der Waals surface area contributed by atoms with Crippen LogP contribution in [0.25, 0.3) is 6.08 Å². The third-order valence-electron chi connectivity index (χ3n) is 2.69. The highest BCUT2D eigenvalue weighted by Crippen LogP contribution is 2.12. The van der Waals surface area contributed by atoms with Gasteiger partial charge in [0.2, 0.25) is 5.91 Å². The van der Waals surface area contributed by atoms with Gasteiger partial charge in [-0.25, -0.2) is 0 Å². The molecule has 0 bridgehead atoms. The maximum absolute atomic E-state index is 12.2. The van der Waals surface area contributed by atoms with Gasteiger partial charge in [-0.3, -0.25) is 9.78 Å². The highest BCUT2D eigenvalue weighted by atomic mass is 32.1. The van der Waals surface area contributed by atoms with Crippen molar-refractivity contribution in [2.75, 3.05) is 6.54 Å². The molecule has 0 aromatic carbocycles. The fraction of sp³-hybridized carbons (Fsp3) is 0.125. The minimum atomic E-state index is -0.0258. The molecule has 102 valence electrons. The van der Waals surface area contributed by atoms with E-state index >= 15 is 0 Å². The average Bonchev–Trinajstić information content (AvgIpc) is 2.98. The molecule has 0 saturated heterocycles. The van der Waals surface area contributed by atoms with Gasteiger partial charge in [0.05, 0.1) is 6.54 Å². The molecule has 0 spiro atoms. The number of aromatic nitrogens is 1. The topological polar surface area (TPSA) is 33.2 Å². The van der Waals surface area contributed by atoms with Crippen molar-refractivity contribution in [1.82, 2.24) is 9.88 Å². The Kier molecular flexibility index (Phi) is 5.26. The molecular weight excluding hydrogens is 268 g/mol. The molecule has 20 heavy (non-hydrogen) atoms. The number of thiophene rings is 1. The molecule has 2 heterocycles. The molecule has 2 aromatic rings. The van der Waals surface area contributed by atoms with Crippen LogP contribution in [0.5, 0.6) is 0 Å². The molecule has 0 atom stereocenters. The molecule has 0 aliphatic carbocycles. The van der Waals surface area contributed by atoms with Crippen molar-refractivity contribution in [3.63, 3.8) is 0 Å². The van der Waals surface area contributed by atoms with Gasteiger partial charge in [0.25, 0.3) is 0 Å². The van der Waals surface area contributed by atoms with Gasteiger partial charge >= 0.3 is 0 Å². The number of hydrogen-bond donors (Lipinski definition) is 0. The molecule has 2 aromatic heterocycles. The van der Waals surface area contributed by atoms with E-state index < -0.39 is 0 Å². The van der Waals surface area contributed by atoms with Crippen LogP contribution < -0.4 is 0 Å². The zero-order valence-electron chi connectivity index (χ0n) is 11.1. The Morgan fingerprint density at radius 2 is 2.30 bits per heavy atom. The van der Waals surface area contributed by atoms with Crippen LogP contribution >= 0.6 is 11.3 Å². The Balaban J connectivity index is 2.03. The third kappa shape index (κ3) is 4.17. The van der Waals surface area contributed by atoms with Crippen LogP contribution in [-0.4, -0.2) is 22.3 Å². The Hall–Kier alpha value is -2.20. The predicted octanol–water partition coefficient (Wildman–Crippen LogP) is 3.37. The predicted molar refractivity (Wildman–Crippen MR) is 83.2 cm³/mol. The van der Waals surface area contributed by atoms with Crippen molar-refractivity contribution in [3.8, 4) is 0 Å². The standard InChI is InChI=1S/C16H16N2OS/c1-2-10-18(13-15-6-4-11-20-15)16(19)8-7-14-5-3-9-17-12-14/h2-9,11-12H,1,10,13H2/b8-7+. The van der Waals surface area contributed by atoms with Crippen molar-refractivity contribution in [3.05, 3.63) is 71.2 Å². The minimum Gasteiger partial charge on any atom is -0.330 e.